The van der Waals surface area contributed by atoms with Crippen LogP contribution in [-0.4, -0.2) is 13.1 Å². The average molecular weight is 278 g/mol. The molecule has 0 heterocycles. The van der Waals surface area contributed by atoms with Gasteiger partial charge in [-0.15, -0.1) is 0 Å². The minimum absolute atomic E-state index is 0.143. The molecule has 0 atom stereocenters. The third-order valence-corrected chi connectivity index (χ3v) is 3.06. The van der Waals surface area contributed by atoms with E-state index in [1.807, 2.05) is 30.3 Å². The van der Waals surface area contributed by atoms with Gasteiger partial charge in [0.25, 0.3) is 0 Å². The van der Waals surface area contributed by atoms with Crippen LogP contribution in [0, 0.1) is 24.5 Å². The molecule has 1 rings (SSSR count). The van der Waals surface area contributed by atoms with Crippen LogP contribution in [0.2, 0.25) is 0 Å². The Kier molecular flexibility index (Phi) is 6.52. The van der Waals surface area contributed by atoms with Gasteiger partial charge >= 0.3 is 5.82 Å². The highest BCUT2D eigenvalue weighted by atomic mass is 15.1. The van der Waals surface area contributed by atoms with Crippen molar-refractivity contribution in [3.05, 3.63) is 58.5 Å². The highest BCUT2D eigenvalue weighted by molar-refractivity contribution is 5.82. The molecule has 0 bridgehead atoms. The fourth-order valence-electron chi connectivity index (χ4n) is 2.13. The first kappa shape index (κ1) is 16.3. The molecule has 106 valence electrons. The minimum atomic E-state index is -0.177. The molecule has 0 aliphatic carbocycles. The van der Waals surface area contributed by atoms with E-state index >= 15 is 0 Å². The molecule has 1 aromatic carbocycles. The molecule has 0 unspecified atom stereocenters. The van der Waals surface area contributed by atoms with Crippen molar-refractivity contribution in [1.82, 2.24) is 0 Å². The summed E-state index contributed by atoms with van der Waals surface area (Å²) in [5, 5.41) is 9.15. The lowest BCUT2D eigenvalue weighted by Crippen LogP contribution is -2.24. The van der Waals surface area contributed by atoms with E-state index in [4.69, 9.17) is 18.4 Å². The van der Waals surface area contributed by atoms with Gasteiger partial charge in [-0.3, -0.25) is 0 Å². The van der Waals surface area contributed by atoms with Crippen LogP contribution in [0.5, 0.6) is 0 Å². The lowest BCUT2D eigenvalue weighted by Gasteiger charge is -2.23. The standard InChI is InChI=1S/C17H18N4/c1-5-11-21(12-6-2)15-9-7-14(8-10-15)16(13-18)17(19-3)20-4/h7-10H,5-6,11-12H2,1-2H3. The molecule has 0 aliphatic heterocycles. The number of nitrogens with zero attached hydrogens (tertiary/aromatic N) is 4. The number of hydrogen-bond donors (Lipinski definition) is 0. The molecule has 0 N–H and O–H groups in total. The van der Waals surface area contributed by atoms with Crippen molar-refractivity contribution < 1.29 is 0 Å². The zero-order valence-corrected chi connectivity index (χ0v) is 12.4. The predicted molar refractivity (Wildman–Crippen MR) is 85.0 cm³/mol. The summed E-state index contributed by atoms with van der Waals surface area (Å²) in [6.07, 6.45) is 2.15. The van der Waals surface area contributed by atoms with Crippen molar-refractivity contribution >= 4 is 11.3 Å². The molecule has 21 heavy (non-hydrogen) atoms. The Bertz CT molecular complexity index is 599. The van der Waals surface area contributed by atoms with Crippen LogP contribution >= 0.6 is 0 Å². The summed E-state index contributed by atoms with van der Waals surface area (Å²) in [4.78, 5) is 8.52. The van der Waals surface area contributed by atoms with Crippen molar-refractivity contribution in [2.24, 2.45) is 0 Å². The van der Waals surface area contributed by atoms with E-state index in [1.165, 1.54) is 0 Å². The normalized spacial score (nSPS) is 9.10. The first-order chi connectivity index (χ1) is 10.2. The van der Waals surface area contributed by atoms with Gasteiger partial charge in [0.15, 0.2) is 5.57 Å². The second-order valence-electron chi connectivity index (χ2n) is 4.57. The van der Waals surface area contributed by atoms with E-state index < -0.39 is 0 Å². The highest BCUT2D eigenvalue weighted by Gasteiger charge is 2.16. The molecule has 0 aliphatic rings. The smallest absolute Gasteiger partial charge is 0.372 e. The van der Waals surface area contributed by atoms with Crippen molar-refractivity contribution in [1.29, 1.82) is 5.26 Å². The number of benzene rings is 1. The third kappa shape index (κ3) is 4.10. The Morgan fingerprint density at radius 2 is 1.62 bits per heavy atom. The molecule has 0 fully saturated rings. The second kappa shape index (κ2) is 8.41. The van der Waals surface area contributed by atoms with Gasteiger partial charge in [-0.2, -0.15) is 15.0 Å². The number of rotatable bonds is 6. The van der Waals surface area contributed by atoms with Crippen LogP contribution in [0.4, 0.5) is 5.69 Å². The molecular weight excluding hydrogens is 260 g/mol. The van der Waals surface area contributed by atoms with E-state index in [-0.39, 0.29) is 11.4 Å². The fraction of sp³-hybridized carbons (Fsp3) is 0.353. The topological polar surface area (TPSA) is 35.8 Å². The van der Waals surface area contributed by atoms with E-state index in [2.05, 4.69) is 28.4 Å². The maximum atomic E-state index is 9.15. The van der Waals surface area contributed by atoms with E-state index in [0.29, 0.717) is 5.56 Å². The molecular formula is C17H18N4. The first-order valence-electron chi connectivity index (χ1n) is 6.96. The van der Waals surface area contributed by atoms with Crippen LogP contribution in [0.25, 0.3) is 15.3 Å². The van der Waals surface area contributed by atoms with E-state index in [1.54, 1.807) is 0 Å². The Hall–Kier alpha value is -2.77. The monoisotopic (exact) mass is 278 g/mol. The summed E-state index contributed by atoms with van der Waals surface area (Å²) >= 11 is 0. The van der Waals surface area contributed by atoms with Gasteiger partial charge in [0.2, 0.25) is 0 Å². The van der Waals surface area contributed by atoms with Gasteiger partial charge in [0, 0.05) is 18.8 Å². The van der Waals surface area contributed by atoms with Crippen molar-refractivity contribution in [3.63, 3.8) is 0 Å². The van der Waals surface area contributed by atoms with E-state index in [0.717, 1.165) is 31.6 Å². The van der Waals surface area contributed by atoms with Crippen molar-refractivity contribution in [2.75, 3.05) is 18.0 Å². The summed E-state index contributed by atoms with van der Waals surface area (Å²) in [7, 11) is 0. The zero-order chi connectivity index (χ0) is 15.7. The SMILES string of the molecule is [C-]#[N+]C([N+]#[C-])=C(C#N)c1ccc(N(CCC)CCC)cc1. The molecule has 0 saturated heterocycles. The van der Waals surface area contributed by atoms with Crippen LogP contribution in [-0.2, 0) is 0 Å². The quantitative estimate of drug-likeness (QED) is 0.573. The Morgan fingerprint density at radius 1 is 1.10 bits per heavy atom. The highest BCUT2D eigenvalue weighted by Crippen LogP contribution is 2.23. The molecule has 0 radical (unpaired) electrons. The summed E-state index contributed by atoms with van der Waals surface area (Å²) in [5.41, 5.74) is 1.87. The molecule has 0 spiro atoms. The van der Waals surface area contributed by atoms with Gasteiger partial charge in [-0.1, -0.05) is 26.0 Å². The molecule has 0 saturated carbocycles. The molecule has 4 nitrogen and oxygen atoms in total. The van der Waals surface area contributed by atoms with Gasteiger partial charge in [0.05, 0.1) is 6.07 Å². The zero-order valence-electron chi connectivity index (χ0n) is 12.4. The Balaban J connectivity index is 3.13. The number of hydrogen-bond acceptors (Lipinski definition) is 2. The summed E-state index contributed by atoms with van der Waals surface area (Å²) in [6, 6.07) is 9.47. The summed E-state index contributed by atoms with van der Waals surface area (Å²) in [5.74, 6) is -0.177. The van der Waals surface area contributed by atoms with Crippen LogP contribution < -0.4 is 4.90 Å². The maximum absolute atomic E-state index is 9.15. The number of anilines is 1. The maximum Gasteiger partial charge on any atom is 0.537 e. The van der Waals surface area contributed by atoms with Crippen LogP contribution in [0.3, 0.4) is 0 Å². The largest absolute Gasteiger partial charge is 0.537 e. The van der Waals surface area contributed by atoms with Gasteiger partial charge in [-0.25, -0.2) is 0 Å². The molecule has 1 aromatic rings. The fourth-order valence-corrected chi connectivity index (χ4v) is 2.13. The van der Waals surface area contributed by atoms with Gasteiger partial charge in [0.1, 0.15) is 13.1 Å². The number of allylic oxidation sites excluding steroid dienone is 1. The lowest BCUT2D eigenvalue weighted by molar-refractivity contribution is 0.745. The third-order valence-electron chi connectivity index (χ3n) is 3.06. The van der Waals surface area contributed by atoms with E-state index in [9.17, 15) is 0 Å². The van der Waals surface area contributed by atoms with Gasteiger partial charge < -0.3 is 4.90 Å². The summed E-state index contributed by atoms with van der Waals surface area (Å²) < 4.78 is 0. The predicted octanol–water partition coefficient (Wildman–Crippen LogP) is 4.34. The average Bonchev–Trinajstić information content (AvgIpc) is 2.52. The van der Waals surface area contributed by atoms with Crippen molar-refractivity contribution in [3.8, 4) is 6.07 Å². The summed E-state index contributed by atoms with van der Waals surface area (Å²) in [6.45, 7) is 20.2. The van der Waals surface area contributed by atoms with Crippen molar-refractivity contribution in [2.45, 2.75) is 26.7 Å². The van der Waals surface area contributed by atoms with Crippen LogP contribution in [0.15, 0.2) is 30.1 Å². The molecule has 0 amide bonds. The Morgan fingerprint density at radius 3 is 2.00 bits per heavy atom. The molecule has 4 heteroatoms. The first-order valence-corrected chi connectivity index (χ1v) is 6.96. The second-order valence-corrected chi connectivity index (χ2v) is 4.57. The van der Waals surface area contributed by atoms with Crippen LogP contribution in [0.1, 0.15) is 32.3 Å². The Labute approximate surface area is 126 Å². The molecule has 0 aromatic heterocycles. The van der Waals surface area contributed by atoms with Gasteiger partial charge in [-0.05, 0) is 30.5 Å². The minimum Gasteiger partial charge on any atom is -0.372 e. The lowest BCUT2D eigenvalue weighted by atomic mass is 10.1. The number of nitriles is 1.